The van der Waals surface area contributed by atoms with Crippen LogP contribution in [-0.2, 0) is 0 Å². The fraction of sp³-hybridized carbons (Fsp3) is 0.385. The molecule has 0 spiro atoms. The minimum absolute atomic E-state index is 0. The highest BCUT2D eigenvalue weighted by Crippen LogP contribution is 2.34. The minimum atomic E-state index is 0. The number of rotatable bonds is 3. The van der Waals surface area contributed by atoms with Gasteiger partial charge in [0.15, 0.2) is 11.5 Å². The Morgan fingerprint density at radius 1 is 1.24 bits per heavy atom. The normalized spacial score (nSPS) is 16.9. The highest BCUT2D eigenvalue weighted by molar-refractivity contribution is 5.90. The first-order valence-electron chi connectivity index (χ1n) is 6.23. The van der Waals surface area contributed by atoms with Crippen molar-refractivity contribution in [1.82, 2.24) is 15.3 Å². The lowest BCUT2D eigenvalue weighted by atomic mass is 10.2. The predicted octanol–water partition coefficient (Wildman–Crippen LogP) is 1.80. The van der Waals surface area contributed by atoms with E-state index in [2.05, 4.69) is 15.3 Å². The molecule has 0 aliphatic carbocycles. The van der Waals surface area contributed by atoms with Gasteiger partial charge >= 0.3 is 0 Å². The molecule has 1 atom stereocenters. The first-order chi connectivity index (χ1) is 9.28. The minimum Gasteiger partial charge on any atom is -0.493 e. The van der Waals surface area contributed by atoms with Gasteiger partial charge in [-0.1, -0.05) is 0 Å². The van der Waals surface area contributed by atoms with E-state index in [4.69, 9.17) is 15.2 Å². The van der Waals surface area contributed by atoms with Gasteiger partial charge in [0.05, 0.1) is 12.6 Å². The molecule has 0 bridgehead atoms. The van der Waals surface area contributed by atoms with Crippen molar-refractivity contribution in [3.05, 3.63) is 18.5 Å². The molecule has 0 unspecified atom stereocenters. The monoisotopic (exact) mass is 332 g/mol. The highest BCUT2D eigenvalue weighted by atomic mass is 35.5. The third kappa shape index (κ3) is 3.58. The first-order valence-corrected chi connectivity index (χ1v) is 6.23. The van der Waals surface area contributed by atoms with Crippen LogP contribution in [0.1, 0.15) is 6.42 Å². The molecule has 3 N–H and O–H groups in total. The van der Waals surface area contributed by atoms with Gasteiger partial charge in [-0.2, -0.15) is 0 Å². The number of nitrogens with two attached hydrogens (primary N) is 1. The standard InChI is InChI=1S/C13H16N4O2.2ClH/c1-18-11-4-9-10(16-7-17-13(9)14)5-12(11)19-8-2-3-15-6-8;;/h4-5,7-8,15H,2-3,6H2,1H3,(H2,14,16,17);2*1H/t8-;;/m1../s1. The van der Waals surface area contributed by atoms with E-state index in [1.165, 1.54) is 6.33 Å². The molecule has 8 heteroatoms. The summed E-state index contributed by atoms with van der Waals surface area (Å²) in [6, 6.07) is 3.67. The van der Waals surface area contributed by atoms with Crippen LogP contribution in [0.2, 0.25) is 0 Å². The van der Waals surface area contributed by atoms with Gasteiger partial charge < -0.3 is 20.5 Å². The number of hydrogen-bond acceptors (Lipinski definition) is 6. The molecule has 0 saturated carbocycles. The Kier molecular flexibility index (Phi) is 6.26. The van der Waals surface area contributed by atoms with Crippen molar-refractivity contribution in [2.24, 2.45) is 0 Å². The van der Waals surface area contributed by atoms with E-state index < -0.39 is 0 Å². The Labute approximate surface area is 135 Å². The van der Waals surface area contributed by atoms with Gasteiger partial charge in [0.25, 0.3) is 0 Å². The second-order valence-electron chi connectivity index (χ2n) is 4.51. The van der Waals surface area contributed by atoms with E-state index >= 15 is 0 Å². The summed E-state index contributed by atoms with van der Waals surface area (Å²) < 4.78 is 11.3. The zero-order chi connectivity index (χ0) is 13.2. The fourth-order valence-corrected chi connectivity index (χ4v) is 2.24. The molecular formula is C13H18Cl2N4O2. The van der Waals surface area contributed by atoms with E-state index in [1.54, 1.807) is 7.11 Å². The van der Waals surface area contributed by atoms with Crippen molar-refractivity contribution in [2.75, 3.05) is 25.9 Å². The number of nitrogens with one attached hydrogen (secondary N) is 1. The Balaban J connectivity index is 0.00000110. The van der Waals surface area contributed by atoms with Gasteiger partial charge in [0, 0.05) is 18.0 Å². The third-order valence-corrected chi connectivity index (χ3v) is 3.26. The van der Waals surface area contributed by atoms with E-state index in [-0.39, 0.29) is 30.9 Å². The summed E-state index contributed by atoms with van der Waals surface area (Å²) in [4.78, 5) is 8.19. The number of anilines is 1. The second kappa shape index (κ2) is 7.49. The maximum atomic E-state index is 5.96. The van der Waals surface area contributed by atoms with Crippen LogP contribution in [-0.4, -0.2) is 36.3 Å². The lowest BCUT2D eigenvalue weighted by molar-refractivity contribution is 0.213. The topological polar surface area (TPSA) is 82.3 Å². The van der Waals surface area contributed by atoms with Crippen LogP contribution in [0.4, 0.5) is 5.82 Å². The largest absolute Gasteiger partial charge is 0.493 e. The number of nitrogens with zero attached hydrogens (tertiary/aromatic N) is 2. The maximum Gasteiger partial charge on any atom is 0.163 e. The van der Waals surface area contributed by atoms with E-state index in [9.17, 15) is 0 Å². The molecule has 1 aliphatic heterocycles. The summed E-state index contributed by atoms with van der Waals surface area (Å²) in [6.07, 6.45) is 2.61. The summed E-state index contributed by atoms with van der Waals surface area (Å²) in [6.45, 7) is 1.84. The third-order valence-electron chi connectivity index (χ3n) is 3.26. The van der Waals surface area contributed by atoms with Crippen LogP contribution in [0.5, 0.6) is 11.5 Å². The first kappa shape index (κ1) is 17.6. The molecule has 2 heterocycles. The van der Waals surface area contributed by atoms with E-state index in [1.807, 2.05) is 12.1 Å². The predicted molar refractivity (Wildman–Crippen MR) is 86.9 cm³/mol. The van der Waals surface area contributed by atoms with Gasteiger partial charge in [0.1, 0.15) is 18.2 Å². The van der Waals surface area contributed by atoms with Crippen LogP contribution < -0.4 is 20.5 Å². The molecule has 116 valence electrons. The second-order valence-corrected chi connectivity index (χ2v) is 4.51. The summed E-state index contributed by atoms with van der Waals surface area (Å²) in [7, 11) is 1.61. The zero-order valence-electron chi connectivity index (χ0n) is 11.5. The lowest BCUT2D eigenvalue weighted by Gasteiger charge is -2.16. The van der Waals surface area contributed by atoms with Gasteiger partial charge in [-0.15, -0.1) is 24.8 Å². The molecule has 6 nitrogen and oxygen atoms in total. The number of ether oxygens (including phenoxy) is 2. The number of aromatic nitrogens is 2. The van der Waals surface area contributed by atoms with Crippen LogP contribution in [0, 0.1) is 0 Å². The fourth-order valence-electron chi connectivity index (χ4n) is 2.24. The molecule has 3 rings (SSSR count). The number of halogens is 2. The summed E-state index contributed by atoms with van der Waals surface area (Å²) in [5.74, 6) is 1.79. The highest BCUT2D eigenvalue weighted by Gasteiger charge is 2.19. The Morgan fingerprint density at radius 2 is 2.05 bits per heavy atom. The zero-order valence-corrected chi connectivity index (χ0v) is 13.2. The number of fused-ring (bicyclic) bond motifs is 1. The van der Waals surface area contributed by atoms with Crippen molar-refractivity contribution in [1.29, 1.82) is 0 Å². The quantitative estimate of drug-likeness (QED) is 0.891. The molecular weight excluding hydrogens is 315 g/mol. The maximum absolute atomic E-state index is 5.96. The van der Waals surface area contributed by atoms with Crippen molar-refractivity contribution in [3.8, 4) is 11.5 Å². The van der Waals surface area contributed by atoms with Crippen LogP contribution in [0.3, 0.4) is 0 Å². The molecule has 1 aliphatic rings. The van der Waals surface area contributed by atoms with Crippen LogP contribution >= 0.6 is 24.8 Å². The summed E-state index contributed by atoms with van der Waals surface area (Å²) in [5, 5.41) is 4.04. The number of benzene rings is 1. The average molecular weight is 333 g/mol. The molecule has 2 aromatic rings. The summed E-state index contributed by atoms with van der Waals surface area (Å²) >= 11 is 0. The Morgan fingerprint density at radius 3 is 2.71 bits per heavy atom. The lowest BCUT2D eigenvalue weighted by Crippen LogP contribution is -2.19. The van der Waals surface area contributed by atoms with Gasteiger partial charge in [0.2, 0.25) is 0 Å². The van der Waals surface area contributed by atoms with Crippen molar-refractivity contribution < 1.29 is 9.47 Å². The number of nitrogen functional groups attached to an aromatic ring is 1. The Hall–Kier alpha value is -1.50. The van der Waals surface area contributed by atoms with Gasteiger partial charge in [-0.25, -0.2) is 9.97 Å². The number of methoxy groups -OCH3 is 1. The summed E-state index contributed by atoms with van der Waals surface area (Å²) in [5.41, 5.74) is 6.59. The van der Waals surface area contributed by atoms with Gasteiger partial charge in [-0.05, 0) is 19.0 Å². The smallest absolute Gasteiger partial charge is 0.163 e. The SMILES string of the molecule is COc1cc2c(N)ncnc2cc1O[C@@H]1CCNC1.Cl.Cl. The van der Waals surface area contributed by atoms with Crippen molar-refractivity contribution in [2.45, 2.75) is 12.5 Å². The molecule has 1 aromatic carbocycles. The molecule has 1 saturated heterocycles. The van der Waals surface area contributed by atoms with Crippen LogP contribution in [0.15, 0.2) is 18.5 Å². The molecule has 1 aromatic heterocycles. The molecule has 0 amide bonds. The molecule has 0 radical (unpaired) electrons. The van der Waals surface area contributed by atoms with E-state index in [0.29, 0.717) is 17.3 Å². The van der Waals surface area contributed by atoms with E-state index in [0.717, 1.165) is 30.4 Å². The average Bonchev–Trinajstić information content (AvgIpc) is 2.91. The van der Waals surface area contributed by atoms with Crippen LogP contribution in [0.25, 0.3) is 10.9 Å². The van der Waals surface area contributed by atoms with Crippen molar-refractivity contribution >= 4 is 41.5 Å². The Bertz CT molecular complexity index is 606. The van der Waals surface area contributed by atoms with Crippen molar-refractivity contribution in [3.63, 3.8) is 0 Å². The molecule has 1 fully saturated rings. The molecule has 21 heavy (non-hydrogen) atoms. The number of hydrogen-bond donors (Lipinski definition) is 2. The van der Waals surface area contributed by atoms with Gasteiger partial charge in [-0.3, -0.25) is 0 Å².